The molecule has 0 saturated carbocycles. The second-order valence-electron chi connectivity index (χ2n) is 6.41. The van der Waals surface area contributed by atoms with E-state index < -0.39 is 5.97 Å². The molecule has 1 saturated heterocycles. The molecule has 1 aromatic heterocycles. The molecule has 1 aliphatic rings. The van der Waals surface area contributed by atoms with Gasteiger partial charge in [-0.3, -0.25) is 9.80 Å². The standard InChI is InChI=1S/C21H19FN4O3/c1-2-29-20(27)10-11-24-12-13-25(21(24)28)17-8-5-9-18-15(17)14-23-26(18)19-7-4-3-6-16(19)22/h3-11,14H,2,12-13H2,1H3/b11-10-. The first-order valence-electron chi connectivity index (χ1n) is 9.25. The van der Waals surface area contributed by atoms with Crippen molar-refractivity contribution in [2.45, 2.75) is 6.92 Å². The molecule has 148 valence electrons. The van der Waals surface area contributed by atoms with Crippen molar-refractivity contribution in [3.8, 4) is 5.69 Å². The van der Waals surface area contributed by atoms with Crippen molar-refractivity contribution in [3.63, 3.8) is 0 Å². The van der Waals surface area contributed by atoms with E-state index in [-0.39, 0.29) is 18.5 Å². The summed E-state index contributed by atoms with van der Waals surface area (Å²) in [6.07, 6.45) is 4.30. The van der Waals surface area contributed by atoms with Crippen molar-refractivity contribution in [1.82, 2.24) is 14.7 Å². The number of carbonyl (C=O) groups excluding carboxylic acids is 2. The summed E-state index contributed by atoms with van der Waals surface area (Å²) in [5.41, 5.74) is 1.72. The van der Waals surface area contributed by atoms with Gasteiger partial charge in [0.1, 0.15) is 11.5 Å². The summed E-state index contributed by atoms with van der Waals surface area (Å²) < 4.78 is 20.6. The zero-order valence-corrected chi connectivity index (χ0v) is 15.8. The van der Waals surface area contributed by atoms with Crippen LogP contribution in [0.5, 0.6) is 0 Å². The number of carbonyl (C=O) groups is 2. The van der Waals surface area contributed by atoms with Gasteiger partial charge in [0, 0.05) is 30.8 Å². The number of ether oxygens (including phenoxy) is 1. The molecule has 2 aromatic carbocycles. The fraction of sp³-hybridized carbons (Fsp3) is 0.190. The Balaban J connectivity index is 1.65. The van der Waals surface area contributed by atoms with Gasteiger partial charge in [-0.2, -0.15) is 5.10 Å². The third-order valence-electron chi connectivity index (χ3n) is 4.68. The number of halogens is 1. The van der Waals surface area contributed by atoms with Crippen LogP contribution in [0.25, 0.3) is 16.6 Å². The number of urea groups is 1. The van der Waals surface area contributed by atoms with Crippen LogP contribution in [-0.4, -0.2) is 46.4 Å². The third kappa shape index (κ3) is 3.44. The van der Waals surface area contributed by atoms with Gasteiger partial charge in [-0.25, -0.2) is 18.7 Å². The minimum atomic E-state index is -0.494. The zero-order chi connectivity index (χ0) is 20.4. The van der Waals surface area contributed by atoms with Crippen LogP contribution < -0.4 is 4.90 Å². The molecule has 0 spiro atoms. The molecule has 1 fully saturated rings. The quantitative estimate of drug-likeness (QED) is 0.491. The lowest BCUT2D eigenvalue weighted by Gasteiger charge is -2.17. The number of aromatic nitrogens is 2. The Hall–Kier alpha value is -3.68. The second kappa shape index (κ2) is 7.75. The number of fused-ring (bicyclic) bond motifs is 1. The van der Waals surface area contributed by atoms with Gasteiger partial charge in [0.25, 0.3) is 0 Å². The van der Waals surface area contributed by atoms with Gasteiger partial charge in [0.15, 0.2) is 0 Å². The van der Waals surface area contributed by atoms with Gasteiger partial charge in [0.2, 0.25) is 0 Å². The lowest BCUT2D eigenvalue weighted by atomic mass is 10.2. The van der Waals surface area contributed by atoms with Gasteiger partial charge in [0.05, 0.1) is 24.0 Å². The maximum Gasteiger partial charge on any atom is 0.332 e. The van der Waals surface area contributed by atoms with E-state index in [9.17, 15) is 14.0 Å². The first-order chi connectivity index (χ1) is 14.1. The van der Waals surface area contributed by atoms with E-state index in [1.165, 1.54) is 27.9 Å². The second-order valence-corrected chi connectivity index (χ2v) is 6.41. The molecule has 29 heavy (non-hydrogen) atoms. The monoisotopic (exact) mass is 394 g/mol. The smallest absolute Gasteiger partial charge is 0.332 e. The normalized spacial score (nSPS) is 14.3. The van der Waals surface area contributed by atoms with Crippen molar-refractivity contribution in [2.75, 3.05) is 24.6 Å². The fourth-order valence-corrected chi connectivity index (χ4v) is 3.34. The Bertz CT molecular complexity index is 1110. The highest BCUT2D eigenvalue weighted by atomic mass is 19.1. The molecule has 0 radical (unpaired) electrons. The summed E-state index contributed by atoms with van der Waals surface area (Å²) >= 11 is 0. The van der Waals surface area contributed by atoms with E-state index in [0.717, 1.165) is 5.39 Å². The SMILES string of the molecule is CCOC(=O)/C=C\N1CCN(c2cccc3c2cnn3-c2ccccc2F)C1=O. The van der Waals surface area contributed by atoms with Crippen LogP contribution in [0.1, 0.15) is 6.92 Å². The van der Waals surface area contributed by atoms with Crippen molar-refractivity contribution >= 4 is 28.6 Å². The molecular weight excluding hydrogens is 375 g/mol. The summed E-state index contributed by atoms with van der Waals surface area (Å²) in [6.45, 7) is 2.89. The van der Waals surface area contributed by atoms with Gasteiger partial charge >= 0.3 is 12.0 Å². The number of benzene rings is 2. The molecule has 2 heterocycles. The van der Waals surface area contributed by atoms with Gasteiger partial charge < -0.3 is 4.74 Å². The van der Waals surface area contributed by atoms with Crippen molar-refractivity contribution < 1.29 is 18.7 Å². The average molecular weight is 394 g/mol. The Morgan fingerprint density at radius 2 is 1.97 bits per heavy atom. The number of amides is 2. The minimum absolute atomic E-state index is 0.253. The highest BCUT2D eigenvalue weighted by molar-refractivity contribution is 6.04. The summed E-state index contributed by atoms with van der Waals surface area (Å²) in [5, 5.41) is 5.07. The van der Waals surface area contributed by atoms with E-state index in [1.54, 1.807) is 42.3 Å². The molecule has 0 aliphatic carbocycles. The maximum atomic E-state index is 14.2. The fourth-order valence-electron chi connectivity index (χ4n) is 3.34. The summed E-state index contributed by atoms with van der Waals surface area (Å²) in [7, 11) is 0. The lowest BCUT2D eigenvalue weighted by molar-refractivity contribution is -0.137. The van der Waals surface area contributed by atoms with Crippen LogP contribution in [0.3, 0.4) is 0 Å². The zero-order valence-electron chi connectivity index (χ0n) is 15.8. The molecule has 0 atom stereocenters. The molecule has 0 bridgehead atoms. The van der Waals surface area contributed by atoms with E-state index in [0.29, 0.717) is 30.0 Å². The number of rotatable bonds is 5. The molecule has 0 N–H and O–H groups in total. The third-order valence-corrected chi connectivity index (χ3v) is 4.68. The number of hydrogen-bond acceptors (Lipinski definition) is 4. The van der Waals surface area contributed by atoms with Crippen LogP contribution in [0.2, 0.25) is 0 Å². The molecule has 4 rings (SSSR count). The topological polar surface area (TPSA) is 67.7 Å². The van der Waals surface area contributed by atoms with E-state index in [4.69, 9.17) is 4.74 Å². The summed E-state index contributed by atoms with van der Waals surface area (Å²) in [5.74, 6) is -0.873. The number of nitrogens with zero attached hydrogens (tertiary/aromatic N) is 4. The van der Waals surface area contributed by atoms with E-state index >= 15 is 0 Å². The number of para-hydroxylation sites is 1. The first kappa shape index (κ1) is 18.7. The molecule has 8 heteroatoms. The molecular formula is C21H19FN4O3. The van der Waals surface area contributed by atoms with Gasteiger partial charge in [-0.1, -0.05) is 18.2 Å². The molecule has 3 aromatic rings. The minimum Gasteiger partial charge on any atom is -0.463 e. The Morgan fingerprint density at radius 3 is 2.76 bits per heavy atom. The van der Waals surface area contributed by atoms with E-state index in [2.05, 4.69) is 5.10 Å². The number of hydrogen-bond donors (Lipinski definition) is 0. The maximum absolute atomic E-state index is 14.2. The van der Waals surface area contributed by atoms with Crippen LogP contribution >= 0.6 is 0 Å². The highest BCUT2D eigenvalue weighted by Crippen LogP contribution is 2.31. The predicted octanol–water partition coefficient (Wildman–Crippen LogP) is 3.48. The van der Waals surface area contributed by atoms with Crippen LogP contribution in [-0.2, 0) is 9.53 Å². The highest BCUT2D eigenvalue weighted by Gasteiger charge is 2.30. The summed E-state index contributed by atoms with van der Waals surface area (Å²) in [6, 6.07) is 11.6. The lowest BCUT2D eigenvalue weighted by Crippen LogP contribution is -2.29. The van der Waals surface area contributed by atoms with E-state index in [1.807, 2.05) is 12.1 Å². The van der Waals surface area contributed by atoms with Crippen LogP contribution in [0.4, 0.5) is 14.9 Å². The molecule has 0 unspecified atom stereocenters. The number of anilines is 1. The molecule has 2 amide bonds. The number of esters is 1. The Labute approximate surface area is 166 Å². The average Bonchev–Trinajstić information content (AvgIpc) is 3.31. The molecule has 1 aliphatic heterocycles. The van der Waals surface area contributed by atoms with Crippen molar-refractivity contribution in [3.05, 3.63) is 66.8 Å². The van der Waals surface area contributed by atoms with Crippen LogP contribution in [0, 0.1) is 5.82 Å². The predicted molar refractivity (Wildman–Crippen MR) is 106 cm³/mol. The molecule has 7 nitrogen and oxygen atoms in total. The van der Waals surface area contributed by atoms with Crippen molar-refractivity contribution in [1.29, 1.82) is 0 Å². The Kier molecular flexibility index (Phi) is 4.99. The van der Waals surface area contributed by atoms with Crippen LogP contribution in [0.15, 0.2) is 60.9 Å². The first-order valence-corrected chi connectivity index (χ1v) is 9.25. The summed E-state index contributed by atoms with van der Waals surface area (Å²) in [4.78, 5) is 27.4. The van der Waals surface area contributed by atoms with Gasteiger partial charge in [-0.15, -0.1) is 0 Å². The Morgan fingerprint density at radius 1 is 1.17 bits per heavy atom. The van der Waals surface area contributed by atoms with Gasteiger partial charge in [-0.05, 0) is 31.2 Å². The largest absolute Gasteiger partial charge is 0.463 e. The van der Waals surface area contributed by atoms with Crippen molar-refractivity contribution in [2.24, 2.45) is 0 Å².